The van der Waals surface area contributed by atoms with Crippen molar-refractivity contribution in [2.24, 2.45) is 0 Å². The first-order chi connectivity index (χ1) is 8.24. The molecule has 0 heterocycles. The second-order valence-corrected chi connectivity index (χ2v) is 5.63. The lowest BCUT2D eigenvalue weighted by Gasteiger charge is -2.05. The molecule has 0 unspecified atom stereocenters. The van der Waals surface area contributed by atoms with Crippen LogP contribution in [0.3, 0.4) is 0 Å². The summed E-state index contributed by atoms with van der Waals surface area (Å²) in [4.78, 5) is 0. The molecule has 0 aromatic heterocycles. The second-order valence-electron chi connectivity index (χ2n) is 3.64. The first-order valence-corrected chi connectivity index (χ1v) is 7.06. The summed E-state index contributed by atoms with van der Waals surface area (Å²) in [6.07, 6.45) is 1.15. The number of benzene rings is 3. The molecule has 0 spiro atoms. The average molecular weight is 252 g/mol. The third kappa shape index (κ3) is 4.09. The molecule has 0 atom stereocenters. The molecule has 0 aliphatic carbocycles. The van der Waals surface area contributed by atoms with E-state index in [0.29, 0.717) is 0 Å². The molecule has 3 aromatic carbocycles. The Morgan fingerprint density at radius 2 is 1.47 bits per heavy atom. The van der Waals surface area contributed by atoms with Gasteiger partial charge >= 0.3 is 9.53 Å². The summed E-state index contributed by atoms with van der Waals surface area (Å²) in [7, 11) is 3.05. The number of hydrogen-bond donors (Lipinski definition) is 0. The molecule has 0 radical (unpaired) electrons. The Bertz CT molecular complexity index is 389. The zero-order chi connectivity index (χ0) is 12.7. The van der Waals surface area contributed by atoms with E-state index in [1.807, 2.05) is 0 Å². The zero-order valence-electron chi connectivity index (χ0n) is 10.9. The largest absolute Gasteiger partial charge is 0.483 e. The Hall–Kier alpha value is -0.943. The first-order valence-electron chi connectivity index (χ1n) is 5.64. The van der Waals surface area contributed by atoms with Crippen LogP contribution in [-0.2, 0) is 19.7 Å². The minimum absolute atomic E-state index is 1.15. The van der Waals surface area contributed by atoms with Gasteiger partial charge in [-0.2, -0.15) is 0 Å². The van der Waals surface area contributed by atoms with Crippen molar-refractivity contribution in [2.75, 3.05) is 21.3 Å². The molecule has 94 valence electrons. The Morgan fingerprint density at radius 3 is 1.65 bits per heavy atom. The average Bonchev–Trinajstić information content (AvgIpc) is 2.42. The van der Waals surface area contributed by atoms with Gasteiger partial charge in [0.25, 0.3) is 0 Å². The summed E-state index contributed by atoms with van der Waals surface area (Å²) >= 11 is 0. The van der Waals surface area contributed by atoms with Crippen LogP contribution >= 0.6 is 0 Å². The van der Waals surface area contributed by atoms with Crippen LogP contribution in [0.4, 0.5) is 0 Å². The van der Waals surface area contributed by atoms with Crippen LogP contribution < -0.4 is 0 Å². The summed E-state index contributed by atoms with van der Waals surface area (Å²) in [5.41, 5.74) is 1.47. The summed E-state index contributed by atoms with van der Waals surface area (Å²) in [5.74, 6) is 0. The maximum absolute atomic E-state index is 4.74. The zero-order valence-corrected chi connectivity index (χ0v) is 12.1. The van der Waals surface area contributed by atoms with Crippen molar-refractivity contribution in [2.45, 2.75) is 13.3 Å². The Morgan fingerprint density at radius 1 is 0.941 bits per heavy atom. The van der Waals surface area contributed by atoms with Crippen LogP contribution in [-0.4, -0.2) is 30.9 Å². The van der Waals surface area contributed by atoms with Crippen molar-refractivity contribution in [3.8, 4) is 0 Å². The predicted molar refractivity (Wildman–Crippen MR) is 72.7 cm³/mol. The van der Waals surface area contributed by atoms with E-state index in [1.165, 1.54) is 16.3 Å². The summed E-state index contributed by atoms with van der Waals surface area (Å²) in [6, 6.07) is 11.0. The Kier molecular flexibility index (Phi) is 6.14. The highest BCUT2D eigenvalue weighted by molar-refractivity contribution is 6.36. The fraction of sp³-hybridized carbons (Fsp3) is 0.385. The van der Waals surface area contributed by atoms with Crippen molar-refractivity contribution < 1.29 is 13.3 Å². The lowest BCUT2D eigenvalue weighted by atomic mass is 10.0. The summed E-state index contributed by atoms with van der Waals surface area (Å²) in [6.45, 7) is 2.20. The molecule has 0 amide bonds. The number of hydrogen-bond acceptors (Lipinski definition) is 3. The van der Waals surface area contributed by atoms with Crippen molar-refractivity contribution in [1.82, 2.24) is 0 Å². The fourth-order valence-corrected chi connectivity index (χ4v) is 2.25. The molecule has 0 saturated carbocycles. The maximum atomic E-state index is 4.74. The van der Waals surface area contributed by atoms with Crippen molar-refractivity contribution in [1.29, 1.82) is 0 Å². The molecule has 3 aromatic rings. The van der Waals surface area contributed by atoms with Crippen LogP contribution in [0.5, 0.6) is 0 Å². The number of aryl methyl sites for hydroxylation is 1. The second kappa shape index (κ2) is 7.40. The van der Waals surface area contributed by atoms with Crippen LogP contribution in [0.15, 0.2) is 30.3 Å². The molecule has 0 fully saturated rings. The van der Waals surface area contributed by atoms with Crippen LogP contribution in [0.2, 0.25) is 0 Å². The highest BCUT2D eigenvalue weighted by Crippen LogP contribution is 2.18. The van der Waals surface area contributed by atoms with Gasteiger partial charge in [0.2, 0.25) is 0 Å². The molecule has 2 bridgehead atoms. The van der Waals surface area contributed by atoms with Gasteiger partial charge in [-0.25, -0.2) is 0 Å². The molecule has 0 N–H and O–H groups in total. The van der Waals surface area contributed by atoms with E-state index >= 15 is 0 Å². The van der Waals surface area contributed by atoms with Crippen molar-refractivity contribution in [3.05, 3.63) is 35.9 Å². The van der Waals surface area contributed by atoms with E-state index in [1.54, 1.807) is 21.3 Å². The first kappa shape index (κ1) is 14.1. The Labute approximate surface area is 105 Å². The van der Waals surface area contributed by atoms with Gasteiger partial charge < -0.3 is 13.3 Å². The van der Waals surface area contributed by atoms with E-state index < -0.39 is 9.53 Å². The third-order valence-electron chi connectivity index (χ3n) is 2.58. The highest BCUT2D eigenvalue weighted by Gasteiger charge is 2.04. The SMILES string of the molecule is CCc1cc2ccc1cc2.CO[SiH](OC)OC. The topological polar surface area (TPSA) is 27.7 Å². The van der Waals surface area contributed by atoms with E-state index in [0.717, 1.165) is 6.42 Å². The van der Waals surface area contributed by atoms with Crippen molar-refractivity contribution in [3.63, 3.8) is 0 Å². The van der Waals surface area contributed by atoms with Crippen LogP contribution in [0.25, 0.3) is 10.8 Å². The molecule has 0 saturated heterocycles. The van der Waals surface area contributed by atoms with Gasteiger partial charge in [0.1, 0.15) is 0 Å². The molecule has 3 rings (SSSR count). The molecule has 17 heavy (non-hydrogen) atoms. The minimum atomic E-state index is -1.67. The smallest absolute Gasteiger partial charge is 0.379 e. The molecule has 4 heteroatoms. The van der Waals surface area contributed by atoms with E-state index in [9.17, 15) is 0 Å². The minimum Gasteiger partial charge on any atom is -0.379 e. The van der Waals surface area contributed by atoms with Gasteiger partial charge in [0.15, 0.2) is 0 Å². The third-order valence-corrected chi connectivity index (χ3v) is 3.74. The van der Waals surface area contributed by atoms with Crippen LogP contribution in [0, 0.1) is 0 Å². The number of rotatable bonds is 4. The molecular formula is C13H20O3Si. The van der Waals surface area contributed by atoms with Gasteiger partial charge in [0, 0.05) is 21.3 Å². The van der Waals surface area contributed by atoms with Gasteiger partial charge in [-0.05, 0) is 22.8 Å². The molecular weight excluding hydrogens is 232 g/mol. The lowest BCUT2D eigenvalue weighted by molar-refractivity contribution is 0.163. The summed E-state index contributed by atoms with van der Waals surface area (Å²) in [5, 5.41) is 2.73. The normalized spacial score (nSPS) is 10.6. The molecule has 0 aliphatic heterocycles. The molecule has 3 nitrogen and oxygen atoms in total. The standard InChI is InChI=1S/C10H10.C3H10O3Si/c1-2-9-7-8-3-5-10(9)6-4-8;1-4-7(5-2)6-3/h3-7H,2H2,1H3;7H,1-3H3. The van der Waals surface area contributed by atoms with Gasteiger partial charge in [-0.15, -0.1) is 0 Å². The number of fused-ring (bicyclic) bond motifs is 3. The monoisotopic (exact) mass is 252 g/mol. The predicted octanol–water partition coefficient (Wildman–Crippen LogP) is 2.48. The van der Waals surface area contributed by atoms with Crippen LogP contribution in [0.1, 0.15) is 12.5 Å². The van der Waals surface area contributed by atoms with Gasteiger partial charge in [0.05, 0.1) is 0 Å². The molecule has 0 aliphatic rings. The summed E-state index contributed by atoms with van der Waals surface area (Å²) < 4.78 is 14.2. The lowest BCUT2D eigenvalue weighted by Crippen LogP contribution is -2.21. The van der Waals surface area contributed by atoms with E-state index in [2.05, 4.69) is 37.3 Å². The van der Waals surface area contributed by atoms with Gasteiger partial charge in [-0.3, -0.25) is 0 Å². The van der Waals surface area contributed by atoms with Crippen molar-refractivity contribution >= 4 is 20.3 Å². The highest BCUT2D eigenvalue weighted by atomic mass is 28.3. The Balaban J connectivity index is 0.000000185. The fourth-order valence-electron chi connectivity index (χ4n) is 1.67. The quantitative estimate of drug-likeness (QED) is 0.782. The van der Waals surface area contributed by atoms with Gasteiger partial charge in [-0.1, -0.05) is 37.3 Å². The van der Waals surface area contributed by atoms with E-state index in [-0.39, 0.29) is 0 Å². The maximum Gasteiger partial charge on any atom is 0.483 e. The van der Waals surface area contributed by atoms with E-state index in [4.69, 9.17) is 13.3 Å².